The first-order valence-corrected chi connectivity index (χ1v) is 9.32. The molecule has 0 radical (unpaired) electrons. The Hall–Kier alpha value is -3.08. The Morgan fingerprint density at radius 2 is 1.89 bits per heavy atom. The molecule has 1 atom stereocenters. The number of Topliss-reactive ketones (excluding diaryl/α,β-unsaturated/α-hetero) is 1. The fraction of sp³-hybridized carbons (Fsp3) is 0.304. The normalized spacial score (nSPS) is 16.8. The van der Waals surface area contributed by atoms with E-state index in [-0.39, 0.29) is 23.8 Å². The summed E-state index contributed by atoms with van der Waals surface area (Å²) in [6.07, 6.45) is 0. The van der Waals surface area contributed by atoms with Crippen molar-refractivity contribution in [3.05, 3.63) is 76.6 Å². The molecule has 0 fully saturated rings. The highest BCUT2D eigenvalue weighted by Crippen LogP contribution is 2.40. The van der Waals surface area contributed by atoms with Crippen LogP contribution in [0.15, 0.2) is 59.9 Å². The van der Waals surface area contributed by atoms with Gasteiger partial charge in [-0.1, -0.05) is 61.9 Å². The van der Waals surface area contributed by atoms with Gasteiger partial charge in [0, 0.05) is 11.5 Å². The Labute approximate surface area is 165 Å². The minimum Gasteiger partial charge on any atom is -0.503 e. The van der Waals surface area contributed by atoms with Crippen LogP contribution in [0.4, 0.5) is 0 Å². The number of amides is 1. The summed E-state index contributed by atoms with van der Waals surface area (Å²) in [7, 11) is 1.58. The van der Waals surface area contributed by atoms with E-state index in [1.54, 1.807) is 21.0 Å². The van der Waals surface area contributed by atoms with Crippen LogP contribution >= 0.6 is 0 Å². The van der Waals surface area contributed by atoms with Crippen LogP contribution in [0.25, 0.3) is 0 Å². The predicted molar refractivity (Wildman–Crippen MR) is 107 cm³/mol. The number of aliphatic hydroxyl groups is 1. The maximum atomic E-state index is 12.9. The summed E-state index contributed by atoms with van der Waals surface area (Å²) in [5.41, 5.74) is 2.80. The van der Waals surface area contributed by atoms with Crippen molar-refractivity contribution >= 4 is 11.7 Å². The molecule has 0 spiro atoms. The Balaban J connectivity index is 2.10. The zero-order valence-electron chi connectivity index (χ0n) is 16.6. The van der Waals surface area contributed by atoms with Gasteiger partial charge in [-0.05, 0) is 18.6 Å². The van der Waals surface area contributed by atoms with Crippen molar-refractivity contribution in [2.45, 2.75) is 33.4 Å². The summed E-state index contributed by atoms with van der Waals surface area (Å²) in [4.78, 5) is 27.3. The van der Waals surface area contributed by atoms with E-state index in [1.807, 2.05) is 55.5 Å². The molecule has 5 heteroatoms. The molecule has 1 N–H and O–H groups in total. The molecule has 146 valence electrons. The van der Waals surface area contributed by atoms with E-state index < -0.39 is 17.7 Å². The smallest absolute Gasteiger partial charge is 0.290 e. The first-order valence-electron chi connectivity index (χ1n) is 9.32. The van der Waals surface area contributed by atoms with Crippen molar-refractivity contribution in [1.29, 1.82) is 0 Å². The summed E-state index contributed by atoms with van der Waals surface area (Å²) < 4.78 is 5.41. The number of aliphatic hydroxyl groups excluding tert-OH is 1. The zero-order valence-corrected chi connectivity index (χ0v) is 16.6. The molecule has 28 heavy (non-hydrogen) atoms. The molecule has 0 bridgehead atoms. The van der Waals surface area contributed by atoms with E-state index in [2.05, 4.69) is 0 Å². The second-order valence-corrected chi connectivity index (χ2v) is 7.34. The first-order chi connectivity index (χ1) is 13.3. The second kappa shape index (κ2) is 7.89. The number of benzene rings is 2. The highest BCUT2D eigenvalue weighted by atomic mass is 16.5. The van der Waals surface area contributed by atoms with Crippen LogP contribution in [-0.4, -0.2) is 28.8 Å². The van der Waals surface area contributed by atoms with Crippen LogP contribution in [0.2, 0.25) is 0 Å². The third-order valence-electron chi connectivity index (χ3n) is 4.98. The van der Waals surface area contributed by atoms with Crippen LogP contribution in [0.1, 0.15) is 36.6 Å². The lowest BCUT2D eigenvalue weighted by Gasteiger charge is -2.28. The molecule has 1 unspecified atom stereocenters. The fourth-order valence-electron chi connectivity index (χ4n) is 3.58. The molecule has 1 heterocycles. The summed E-state index contributed by atoms with van der Waals surface area (Å²) >= 11 is 0. The van der Waals surface area contributed by atoms with Crippen LogP contribution in [0.5, 0.6) is 5.75 Å². The average molecular weight is 379 g/mol. The van der Waals surface area contributed by atoms with Crippen LogP contribution in [0.3, 0.4) is 0 Å². The van der Waals surface area contributed by atoms with Gasteiger partial charge in [0.15, 0.2) is 11.5 Å². The number of rotatable bonds is 6. The third-order valence-corrected chi connectivity index (χ3v) is 4.98. The van der Waals surface area contributed by atoms with Gasteiger partial charge in [0.2, 0.25) is 0 Å². The molecule has 0 saturated carbocycles. The van der Waals surface area contributed by atoms with E-state index >= 15 is 0 Å². The van der Waals surface area contributed by atoms with Gasteiger partial charge in [0.1, 0.15) is 5.75 Å². The van der Waals surface area contributed by atoms with Gasteiger partial charge >= 0.3 is 0 Å². The van der Waals surface area contributed by atoms with Gasteiger partial charge in [-0.3, -0.25) is 9.59 Å². The zero-order chi connectivity index (χ0) is 20.4. The lowest BCUT2D eigenvalue weighted by atomic mass is 9.90. The number of aryl methyl sites for hydroxylation is 1. The molecule has 5 nitrogen and oxygen atoms in total. The number of carbonyl (C=O) groups is 2. The number of hydrogen-bond donors (Lipinski definition) is 1. The molecule has 0 aliphatic carbocycles. The minimum atomic E-state index is -0.632. The molecular formula is C23H25NO4. The van der Waals surface area contributed by atoms with Gasteiger partial charge in [-0.25, -0.2) is 0 Å². The van der Waals surface area contributed by atoms with Crippen LogP contribution < -0.4 is 4.74 Å². The Kier molecular flexibility index (Phi) is 5.54. The number of methoxy groups -OCH3 is 1. The third kappa shape index (κ3) is 3.52. The molecular weight excluding hydrogens is 354 g/mol. The number of ether oxygens (including phenoxy) is 1. The largest absolute Gasteiger partial charge is 0.503 e. The van der Waals surface area contributed by atoms with Crippen molar-refractivity contribution in [3.63, 3.8) is 0 Å². The quantitative estimate of drug-likeness (QED) is 0.820. The molecule has 0 saturated heterocycles. The number of carbonyl (C=O) groups excluding carboxylic acids is 2. The van der Waals surface area contributed by atoms with E-state index in [9.17, 15) is 14.7 Å². The molecule has 0 aromatic heterocycles. The van der Waals surface area contributed by atoms with Gasteiger partial charge < -0.3 is 14.7 Å². The molecule has 1 aliphatic heterocycles. The second-order valence-electron chi connectivity index (χ2n) is 7.34. The molecule has 2 aromatic rings. The topological polar surface area (TPSA) is 66.8 Å². The average Bonchev–Trinajstić information content (AvgIpc) is 2.92. The fourth-order valence-corrected chi connectivity index (χ4v) is 3.58. The Morgan fingerprint density at radius 1 is 1.18 bits per heavy atom. The lowest BCUT2D eigenvalue weighted by molar-refractivity contribution is -0.130. The van der Waals surface area contributed by atoms with Crippen molar-refractivity contribution in [2.75, 3.05) is 7.11 Å². The van der Waals surface area contributed by atoms with Gasteiger partial charge in [0.25, 0.3) is 5.91 Å². The van der Waals surface area contributed by atoms with Crippen molar-refractivity contribution < 1.29 is 19.4 Å². The van der Waals surface area contributed by atoms with E-state index in [0.717, 1.165) is 16.7 Å². The van der Waals surface area contributed by atoms with Gasteiger partial charge in [-0.15, -0.1) is 0 Å². The highest BCUT2D eigenvalue weighted by Gasteiger charge is 2.44. The number of para-hydroxylation sites is 1. The SMILES string of the molecule is COc1ccccc1CN1C(=O)C(O)=C(C(=O)C(C)C)C1c1cccc(C)c1. The summed E-state index contributed by atoms with van der Waals surface area (Å²) in [5, 5.41) is 10.6. The van der Waals surface area contributed by atoms with Crippen molar-refractivity contribution in [1.82, 2.24) is 4.90 Å². The summed E-state index contributed by atoms with van der Waals surface area (Å²) in [6.45, 7) is 5.71. The Morgan fingerprint density at radius 3 is 2.54 bits per heavy atom. The minimum absolute atomic E-state index is 0.167. The molecule has 3 rings (SSSR count). The maximum absolute atomic E-state index is 12.9. The monoisotopic (exact) mass is 379 g/mol. The van der Waals surface area contributed by atoms with E-state index in [1.165, 1.54) is 4.90 Å². The maximum Gasteiger partial charge on any atom is 0.290 e. The lowest BCUT2D eigenvalue weighted by Crippen LogP contribution is -2.31. The van der Waals surface area contributed by atoms with E-state index in [4.69, 9.17) is 4.74 Å². The number of ketones is 1. The standard InChI is InChI=1S/C23H25NO4/c1-14(2)21(25)19-20(16-10-7-8-15(3)12-16)24(23(27)22(19)26)13-17-9-5-6-11-18(17)28-4/h5-12,14,20,26H,13H2,1-4H3. The highest BCUT2D eigenvalue weighted by molar-refractivity contribution is 6.09. The number of hydrogen-bond acceptors (Lipinski definition) is 4. The van der Waals surface area contributed by atoms with Gasteiger partial charge in [-0.2, -0.15) is 0 Å². The van der Waals surface area contributed by atoms with E-state index in [0.29, 0.717) is 5.75 Å². The first kappa shape index (κ1) is 19.7. The van der Waals surface area contributed by atoms with Gasteiger partial charge in [0.05, 0.1) is 25.3 Å². The Bertz CT molecular complexity index is 945. The van der Waals surface area contributed by atoms with Crippen molar-refractivity contribution in [2.24, 2.45) is 5.92 Å². The molecule has 2 aromatic carbocycles. The molecule has 1 aliphatic rings. The number of nitrogens with zero attached hydrogens (tertiary/aromatic N) is 1. The van der Waals surface area contributed by atoms with Crippen LogP contribution in [0, 0.1) is 12.8 Å². The predicted octanol–water partition coefficient (Wildman–Crippen LogP) is 4.12. The summed E-state index contributed by atoms with van der Waals surface area (Å²) in [5.74, 6) is -0.897. The van der Waals surface area contributed by atoms with Crippen molar-refractivity contribution in [3.8, 4) is 5.75 Å². The van der Waals surface area contributed by atoms with Crippen LogP contribution in [-0.2, 0) is 16.1 Å². The molecule has 1 amide bonds. The summed E-state index contributed by atoms with van der Waals surface area (Å²) in [6, 6.07) is 14.5.